The van der Waals surface area contributed by atoms with E-state index in [-0.39, 0.29) is 11.9 Å². The quantitative estimate of drug-likeness (QED) is 0.555. The van der Waals surface area contributed by atoms with Crippen LogP contribution in [0, 0.1) is 0 Å². The van der Waals surface area contributed by atoms with Gasteiger partial charge >= 0.3 is 0 Å². The number of piperidine rings is 1. The molecule has 6 nitrogen and oxygen atoms in total. The van der Waals surface area contributed by atoms with E-state index in [0.717, 1.165) is 62.2 Å². The Hall–Kier alpha value is -2.86. The van der Waals surface area contributed by atoms with Crippen molar-refractivity contribution in [1.29, 1.82) is 0 Å². The SMILES string of the molecule is COc1ccc(C=NNC(=O)C2CCCC[NH+]2C)cc1CN1CCCc2ccccc21. The second kappa shape index (κ2) is 9.96. The second-order valence-electron chi connectivity index (χ2n) is 8.60. The molecular weight excluding hydrogens is 388 g/mol. The highest BCUT2D eigenvalue weighted by Crippen LogP contribution is 2.30. The highest BCUT2D eigenvalue weighted by Gasteiger charge is 2.29. The van der Waals surface area contributed by atoms with Crippen LogP contribution in [0.3, 0.4) is 0 Å². The average molecular weight is 422 g/mol. The van der Waals surface area contributed by atoms with Crippen molar-refractivity contribution in [2.45, 2.75) is 44.7 Å². The van der Waals surface area contributed by atoms with Gasteiger partial charge in [-0.1, -0.05) is 18.2 Å². The molecule has 2 aliphatic heterocycles. The molecule has 0 aliphatic carbocycles. The number of likely N-dealkylation sites (N-methyl/N-ethyl adjacent to an activating group) is 1. The van der Waals surface area contributed by atoms with Gasteiger partial charge < -0.3 is 14.5 Å². The highest BCUT2D eigenvalue weighted by molar-refractivity contribution is 5.84. The number of methoxy groups -OCH3 is 1. The van der Waals surface area contributed by atoms with Crippen LogP contribution in [0.5, 0.6) is 5.75 Å². The minimum atomic E-state index is -0.00324. The summed E-state index contributed by atoms with van der Waals surface area (Å²) in [5.41, 5.74) is 7.52. The first-order valence-electron chi connectivity index (χ1n) is 11.3. The van der Waals surface area contributed by atoms with E-state index < -0.39 is 0 Å². The van der Waals surface area contributed by atoms with Crippen LogP contribution in [0.2, 0.25) is 0 Å². The molecule has 2 unspecified atom stereocenters. The maximum atomic E-state index is 12.5. The first-order valence-corrected chi connectivity index (χ1v) is 11.3. The maximum absolute atomic E-state index is 12.5. The summed E-state index contributed by atoms with van der Waals surface area (Å²) in [5.74, 6) is 0.878. The third-order valence-electron chi connectivity index (χ3n) is 6.49. The van der Waals surface area contributed by atoms with E-state index in [0.29, 0.717) is 0 Å². The van der Waals surface area contributed by atoms with Crippen molar-refractivity contribution in [1.82, 2.24) is 5.43 Å². The van der Waals surface area contributed by atoms with Crippen molar-refractivity contribution in [2.75, 3.05) is 32.1 Å². The van der Waals surface area contributed by atoms with Gasteiger partial charge in [0.05, 0.1) is 26.9 Å². The lowest BCUT2D eigenvalue weighted by Crippen LogP contribution is -3.15. The molecular formula is C25H33N4O2+. The molecule has 0 saturated carbocycles. The van der Waals surface area contributed by atoms with Gasteiger partial charge in [0.1, 0.15) is 5.75 Å². The van der Waals surface area contributed by atoms with Gasteiger partial charge in [-0.05, 0) is 61.1 Å². The molecule has 2 atom stereocenters. The number of benzene rings is 2. The van der Waals surface area contributed by atoms with Crippen molar-refractivity contribution in [3.63, 3.8) is 0 Å². The summed E-state index contributed by atoms with van der Waals surface area (Å²) in [7, 11) is 3.79. The van der Waals surface area contributed by atoms with Crippen LogP contribution in [0.4, 0.5) is 5.69 Å². The number of hydrogen-bond donors (Lipinski definition) is 2. The summed E-state index contributed by atoms with van der Waals surface area (Å²) in [5, 5.41) is 4.24. The number of carbonyl (C=O) groups is 1. The lowest BCUT2D eigenvalue weighted by molar-refractivity contribution is -0.901. The van der Waals surface area contributed by atoms with Crippen LogP contribution in [-0.4, -0.2) is 45.4 Å². The Morgan fingerprint density at radius 2 is 2.13 bits per heavy atom. The second-order valence-corrected chi connectivity index (χ2v) is 8.60. The number of likely N-dealkylation sites (tertiary alicyclic amines) is 1. The largest absolute Gasteiger partial charge is 0.496 e. The summed E-state index contributed by atoms with van der Waals surface area (Å²) in [6.07, 6.45) is 7.24. The summed E-state index contributed by atoms with van der Waals surface area (Å²) < 4.78 is 5.62. The van der Waals surface area contributed by atoms with E-state index in [1.54, 1.807) is 13.3 Å². The topological polar surface area (TPSA) is 58.4 Å². The van der Waals surface area contributed by atoms with E-state index in [4.69, 9.17) is 4.74 Å². The van der Waals surface area contributed by atoms with Crippen LogP contribution >= 0.6 is 0 Å². The van der Waals surface area contributed by atoms with Crippen LogP contribution in [-0.2, 0) is 17.8 Å². The lowest BCUT2D eigenvalue weighted by Gasteiger charge is -2.31. The lowest BCUT2D eigenvalue weighted by atomic mass is 10.0. The van der Waals surface area contributed by atoms with Crippen molar-refractivity contribution >= 4 is 17.8 Å². The van der Waals surface area contributed by atoms with Gasteiger partial charge in [-0.3, -0.25) is 4.79 Å². The molecule has 164 valence electrons. The first-order chi connectivity index (χ1) is 15.2. The molecule has 0 radical (unpaired) electrons. The fraction of sp³-hybridized carbons (Fsp3) is 0.440. The molecule has 1 fully saturated rings. The van der Waals surface area contributed by atoms with Crippen molar-refractivity contribution < 1.29 is 14.4 Å². The smallest absolute Gasteiger partial charge is 0.298 e. The van der Waals surface area contributed by atoms with Crippen LogP contribution in [0.15, 0.2) is 47.6 Å². The first kappa shape index (κ1) is 21.4. The third-order valence-corrected chi connectivity index (χ3v) is 6.49. The molecule has 2 aliphatic rings. The van der Waals surface area contributed by atoms with E-state index in [1.165, 1.54) is 22.6 Å². The molecule has 1 saturated heterocycles. The minimum absolute atomic E-state index is 0.00324. The minimum Gasteiger partial charge on any atom is -0.496 e. The Labute approximate surface area is 184 Å². The number of nitrogens with zero attached hydrogens (tertiary/aromatic N) is 2. The fourth-order valence-corrected chi connectivity index (χ4v) is 4.76. The number of ether oxygens (including phenoxy) is 1. The molecule has 6 heteroatoms. The number of anilines is 1. The van der Waals surface area contributed by atoms with Gasteiger partial charge in [0.2, 0.25) is 0 Å². The number of nitrogens with one attached hydrogen (secondary N) is 2. The number of quaternary nitrogens is 1. The molecule has 2 aromatic carbocycles. The number of hydrogen-bond acceptors (Lipinski definition) is 4. The zero-order valence-corrected chi connectivity index (χ0v) is 18.6. The zero-order valence-electron chi connectivity index (χ0n) is 18.6. The highest BCUT2D eigenvalue weighted by atomic mass is 16.5. The van der Waals surface area contributed by atoms with Gasteiger partial charge in [0.25, 0.3) is 5.91 Å². The Bertz CT molecular complexity index is 943. The van der Waals surface area contributed by atoms with Crippen LogP contribution in [0.1, 0.15) is 42.4 Å². The molecule has 0 bridgehead atoms. The number of aryl methyl sites for hydroxylation is 1. The summed E-state index contributed by atoms with van der Waals surface area (Å²) >= 11 is 0. The van der Waals surface area contributed by atoms with Gasteiger partial charge in [-0.25, -0.2) is 5.43 Å². The predicted octanol–water partition coefficient (Wildman–Crippen LogP) is 2.17. The Morgan fingerprint density at radius 3 is 2.97 bits per heavy atom. The normalized spacial score (nSPS) is 21.0. The molecule has 2 N–H and O–H groups in total. The van der Waals surface area contributed by atoms with Gasteiger partial charge in [-0.2, -0.15) is 5.10 Å². The van der Waals surface area contributed by atoms with E-state index in [9.17, 15) is 4.79 Å². The standard InChI is InChI=1S/C25H32N4O2/c1-28-14-6-5-11-23(28)25(30)27-26-17-19-12-13-24(31-2)21(16-19)18-29-15-7-9-20-8-3-4-10-22(20)29/h3-4,8,10,12-13,16-17,23H,5-7,9,11,14-15,18H2,1-2H3,(H,27,30)/p+1. The Kier molecular flexibility index (Phi) is 6.87. The van der Waals surface area contributed by atoms with E-state index >= 15 is 0 Å². The molecule has 1 amide bonds. The van der Waals surface area contributed by atoms with Crippen molar-refractivity contribution in [3.05, 3.63) is 59.2 Å². The molecule has 0 spiro atoms. The van der Waals surface area contributed by atoms with Crippen molar-refractivity contribution in [3.8, 4) is 5.75 Å². The summed E-state index contributed by atoms with van der Waals surface area (Å²) in [4.78, 5) is 16.2. The van der Waals surface area contributed by atoms with Crippen molar-refractivity contribution in [2.24, 2.45) is 5.10 Å². The predicted molar refractivity (Wildman–Crippen MR) is 124 cm³/mol. The number of para-hydroxylation sites is 1. The maximum Gasteiger partial charge on any atom is 0.298 e. The third kappa shape index (κ3) is 5.07. The molecule has 31 heavy (non-hydrogen) atoms. The average Bonchev–Trinajstić information content (AvgIpc) is 2.80. The van der Waals surface area contributed by atoms with E-state index in [1.807, 2.05) is 12.1 Å². The molecule has 0 aromatic heterocycles. The van der Waals surface area contributed by atoms with Gasteiger partial charge in [0, 0.05) is 30.8 Å². The van der Waals surface area contributed by atoms with E-state index in [2.05, 4.69) is 52.8 Å². The Balaban J connectivity index is 1.45. The molecule has 4 rings (SSSR count). The number of hydrazone groups is 1. The molecule has 2 heterocycles. The summed E-state index contributed by atoms with van der Waals surface area (Å²) in [6, 6.07) is 14.7. The monoisotopic (exact) mass is 421 g/mol. The van der Waals surface area contributed by atoms with Crippen LogP contribution in [0.25, 0.3) is 0 Å². The molecule has 2 aromatic rings. The zero-order chi connectivity index (χ0) is 21.6. The number of carbonyl (C=O) groups excluding carboxylic acids is 1. The fourth-order valence-electron chi connectivity index (χ4n) is 4.76. The summed E-state index contributed by atoms with van der Waals surface area (Å²) in [6.45, 7) is 2.86. The number of fused-ring (bicyclic) bond motifs is 1. The van der Waals surface area contributed by atoms with Crippen LogP contribution < -0.4 is 20.0 Å². The van der Waals surface area contributed by atoms with Gasteiger partial charge in [0.15, 0.2) is 6.04 Å². The number of amides is 1. The van der Waals surface area contributed by atoms with Gasteiger partial charge in [-0.15, -0.1) is 0 Å². The Morgan fingerprint density at radius 1 is 1.26 bits per heavy atom. The number of rotatable bonds is 6.